The molecule has 0 aromatic rings. The molecule has 96 valence electrons. The van der Waals surface area contributed by atoms with E-state index in [9.17, 15) is 0 Å². The van der Waals surface area contributed by atoms with Gasteiger partial charge in [-0.3, -0.25) is 0 Å². The van der Waals surface area contributed by atoms with E-state index in [1.54, 1.807) is 0 Å². The van der Waals surface area contributed by atoms with Crippen molar-refractivity contribution in [2.45, 2.75) is 43.6 Å². The predicted octanol–water partition coefficient (Wildman–Crippen LogP) is 4.26. The van der Waals surface area contributed by atoms with E-state index in [0.29, 0.717) is 5.41 Å². The van der Waals surface area contributed by atoms with Crippen molar-refractivity contribution < 1.29 is 0 Å². The van der Waals surface area contributed by atoms with E-state index >= 15 is 0 Å². The van der Waals surface area contributed by atoms with Crippen LogP contribution in [0.2, 0.25) is 0 Å². The first kappa shape index (κ1) is 15.5. The first-order valence-corrected chi connectivity index (χ1v) is 9.38. The zero-order valence-corrected chi connectivity index (χ0v) is 13.7. The molecule has 0 unspecified atom stereocenters. The van der Waals surface area contributed by atoms with Gasteiger partial charge in [0, 0.05) is 22.0 Å². The third kappa shape index (κ3) is 5.83. The van der Waals surface area contributed by atoms with Crippen molar-refractivity contribution in [2.24, 2.45) is 5.41 Å². The molecule has 0 amide bonds. The van der Waals surface area contributed by atoms with Crippen molar-refractivity contribution in [3.05, 3.63) is 0 Å². The van der Waals surface area contributed by atoms with Gasteiger partial charge in [-0.05, 0) is 36.2 Å². The van der Waals surface area contributed by atoms with Crippen LogP contribution < -0.4 is 0 Å². The minimum Gasteiger partial charge on any atom is -0.179 e. The van der Waals surface area contributed by atoms with Gasteiger partial charge in [-0.1, -0.05) is 13.8 Å². The molecule has 0 aromatic heterocycles. The highest BCUT2D eigenvalue weighted by atomic mass is 32.2. The Morgan fingerprint density at radius 1 is 1.00 bits per heavy atom. The molecule has 1 saturated carbocycles. The lowest BCUT2D eigenvalue weighted by atomic mass is 9.77. The molecule has 0 bridgehead atoms. The van der Waals surface area contributed by atoms with E-state index in [0.717, 1.165) is 22.0 Å². The fourth-order valence-electron chi connectivity index (χ4n) is 2.47. The molecular weight excluding hydrogens is 272 g/mol. The van der Waals surface area contributed by atoms with Crippen molar-refractivity contribution in [3.63, 3.8) is 0 Å². The highest BCUT2D eigenvalue weighted by Gasteiger charge is 2.33. The van der Waals surface area contributed by atoms with E-state index in [4.69, 9.17) is 0 Å². The van der Waals surface area contributed by atoms with Gasteiger partial charge in [-0.25, -0.2) is 0 Å². The summed E-state index contributed by atoms with van der Waals surface area (Å²) in [4.78, 5) is 0. The lowest BCUT2D eigenvalue weighted by molar-refractivity contribution is 0.257. The SMILES string of the molecule is CC1(C)C[C@@H](SCCS)C[C@H](SCCS)C1. The normalized spacial score (nSPS) is 29.2. The van der Waals surface area contributed by atoms with E-state index in [1.807, 2.05) is 0 Å². The van der Waals surface area contributed by atoms with Crippen molar-refractivity contribution in [2.75, 3.05) is 23.0 Å². The van der Waals surface area contributed by atoms with Gasteiger partial charge in [0.15, 0.2) is 0 Å². The van der Waals surface area contributed by atoms with E-state index in [1.165, 1.54) is 30.8 Å². The van der Waals surface area contributed by atoms with Crippen LogP contribution in [0.1, 0.15) is 33.1 Å². The van der Waals surface area contributed by atoms with Crippen LogP contribution >= 0.6 is 48.8 Å². The number of thioether (sulfide) groups is 2. The van der Waals surface area contributed by atoms with Crippen molar-refractivity contribution >= 4 is 48.8 Å². The number of hydrogen-bond donors (Lipinski definition) is 2. The van der Waals surface area contributed by atoms with E-state index in [2.05, 4.69) is 62.6 Å². The summed E-state index contributed by atoms with van der Waals surface area (Å²) in [7, 11) is 0. The van der Waals surface area contributed by atoms with Crippen molar-refractivity contribution in [1.29, 1.82) is 0 Å². The average molecular weight is 297 g/mol. The third-order valence-corrected chi connectivity index (χ3v) is 6.57. The minimum atomic E-state index is 0.529. The molecule has 0 aliphatic heterocycles. The third-order valence-electron chi connectivity index (χ3n) is 2.98. The smallest absolute Gasteiger partial charge is 0.00629 e. The summed E-state index contributed by atoms with van der Waals surface area (Å²) in [5.41, 5.74) is 0.529. The van der Waals surface area contributed by atoms with E-state index in [-0.39, 0.29) is 0 Å². The number of thiol groups is 2. The fraction of sp³-hybridized carbons (Fsp3) is 1.00. The molecule has 0 radical (unpaired) electrons. The molecule has 2 atom stereocenters. The Labute approximate surface area is 120 Å². The maximum absolute atomic E-state index is 4.31. The number of hydrogen-bond acceptors (Lipinski definition) is 4. The molecule has 16 heavy (non-hydrogen) atoms. The van der Waals surface area contributed by atoms with Crippen molar-refractivity contribution in [1.82, 2.24) is 0 Å². The van der Waals surface area contributed by atoms with Crippen molar-refractivity contribution in [3.8, 4) is 0 Å². The molecule has 0 nitrogen and oxygen atoms in total. The Bertz CT molecular complexity index is 175. The average Bonchev–Trinajstić information content (AvgIpc) is 2.21. The topological polar surface area (TPSA) is 0 Å². The molecule has 0 heterocycles. The monoisotopic (exact) mass is 296 g/mol. The Balaban J connectivity index is 2.41. The Morgan fingerprint density at radius 2 is 1.44 bits per heavy atom. The first-order chi connectivity index (χ1) is 7.57. The maximum atomic E-state index is 4.31. The second kappa shape index (κ2) is 7.75. The second-order valence-corrected chi connectivity index (χ2v) is 8.95. The minimum absolute atomic E-state index is 0.529. The van der Waals surface area contributed by atoms with Gasteiger partial charge in [0.25, 0.3) is 0 Å². The fourth-order valence-corrected chi connectivity index (χ4v) is 5.98. The van der Waals surface area contributed by atoms with Crippen LogP contribution in [0.3, 0.4) is 0 Å². The van der Waals surface area contributed by atoms with Crippen LogP contribution in [0, 0.1) is 5.41 Å². The number of rotatable bonds is 6. The zero-order chi connectivity index (χ0) is 12.0. The molecule has 0 N–H and O–H groups in total. The second-order valence-electron chi connectivity index (χ2n) is 5.24. The zero-order valence-electron chi connectivity index (χ0n) is 10.3. The van der Waals surface area contributed by atoms with Crippen LogP contribution in [0.5, 0.6) is 0 Å². The maximum Gasteiger partial charge on any atom is 0.00629 e. The van der Waals surface area contributed by atoms with E-state index < -0.39 is 0 Å². The van der Waals surface area contributed by atoms with Crippen LogP contribution in [0.4, 0.5) is 0 Å². The standard InChI is InChI=1S/C12H24S4/c1-12(2)8-10(15-5-3-13)7-11(9-12)16-6-4-14/h10-11,13-14H,3-9H2,1-2H3/t10-,11-/m0/s1. The van der Waals surface area contributed by atoms with Gasteiger partial charge in [-0.15, -0.1) is 0 Å². The lowest BCUT2D eigenvalue weighted by Gasteiger charge is -2.39. The summed E-state index contributed by atoms with van der Waals surface area (Å²) in [6, 6.07) is 0. The molecule has 1 fully saturated rings. The van der Waals surface area contributed by atoms with Gasteiger partial charge in [-0.2, -0.15) is 48.8 Å². The quantitative estimate of drug-likeness (QED) is 0.703. The van der Waals surface area contributed by atoms with Gasteiger partial charge < -0.3 is 0 Å². The van der Waals surface area contributed by atoms with Gasteiger partial charge >= 0.3 is 0 Å². The molecule has 1 aliphatic rings. The van der Waals surface area contributed by atoms with Crippen LogP contribution in [-0.2, 0) is 0 Å². The lowest BCUT2D eigenvalue weighted by Crippen LogP contribution is -2.32. The van der Waals surface area contributed by atoms with Crippen LogP contribution in [0.25, 0.3) is 0 Å². The van der Waals surface area contributed by atoms with Crippen LogP contribution in [-0.4, -0.2) is 33.5 Å². The molecule has 1 rings (SSSR count). The van der Waals surface area contributed by atoms with Gasteiger partial charge in [0.1, 0.15) is 0 Å². The van der Waals surface area contributed by atoms with Crippen LogP contribution in [0.15, 0.2) is 0 Å². The highest BCUT2D eigenvalue weighted by molar-refractivity contribution is 8.01. The summed E-state index contributed by atoms with van der Waals surface area (Å²) in [6.45, 7) is 4.85. The molecule has 1 aliphatic carbocycles. The molecule has 4 heteroatoms. The molecular formula is C12H24S4. The molecule has 0 aromatic carbocycles. The Morgan fingerprint density at radius 3 is 1.81 bits per heavy atom. The summed E-state index contributed by atoms with van der Waals surface area (Å²) < 4.78 is 0. The van der Waals surface area contributed by atoms with Gasteiger partial charge in [0.05, 0.1) is 0 Å². The predicted molar refractivity (Wildman–Crippen MR) is 87.8 cm³/mol. The summed E-state index contributed by atoms with van der Waals surface area (Å²) in [6.07, 6.45) is 4.15. The largest absolute Gasteiger partial charge is 0.179 e. The molecule has 0 saturated heterocycles. The Kier molecular flexibility index (Phi) is 7.49. The first-order valence-electron chi connectivity index (χ1n) is 6.02. The summed E-state index contributed by atoms with van der Waals surface area (Å²) in [5.74, 6) is 4.42. The summed E-state index contributed by atoms with van der Waals surface area (Å²) >= 11 is 12.9. The molecule has 0 spiro atoms. The Hall–Kier alpha value is 1.40. The highest BCUT2D eigenvalue weighted by Crippen LogP contribution is 2.44. The van der Waals surface area contributed by atoms with Gasteiger partial charge in [0.2, 0.25) is 0 Å². The summed E-state index contributed by atoms with van der Waals surface area (Å²) in [5, 5.41) is 1.71.